The highest BCUT2D eigenvalue weighted by Gasteiger charge is 2.66. The minimum absolute atomic E-state index is 0.206. The molecule has 0 bridgehead atoms. The standard InChI is InChI=1S/C14H13F7O2/c1-6(2)7-5-8(12(3-4-12)13(16,17)18)11(9(15)10(7)22)23-14(19,20)21/h5-6,22H,3-4H2,1-2H3. The fraction of sp³-hybridized carbons (Fsp3) is 0.571. The van der Waals surface area contributed by atoms with Gasteiger partial charge in [-0.1, -0.05) is 13.8 Å². The van der Waals surface area contributed by atoms with Gasteiger partial charge in [0.25, 0.3) is 0 Å². The van der Waals surface area contributed by atoms with Gasteiger partial charge in [0, 0.05) is 11.1 Å². The molecule has 9 heteroatoms. The molecule has 130 valence electrons. The molecule has 23 heavy (non-hydrogen) atoms. The van der Waals surface area contributed by atoms with Crippen LogP contribution in [-0.4, -0.2) is 17.6 Å². The molecule has 0 spiro atoms. The second kappa shape index (κ2) is 5.17. The summed E-state index contributed by atoms with van der Waals surface area (Å²) >= 11 is 0. The lowest BCUT2D eigenvalue weighted by atomic mass is 9.89. The van der Waals surface area contributed by atoms with Crippen LogP contribution < -0.4 is 4.74 Å². The average molecular weight is 346 g/mol. The number of benzene rings is 1. The zero-order valence-electron chi connectivity index (χ0n) is 12.1. The van der Waals surface area contributed by atoms with Gasteiger partial charge in [0.2, 0.25) is 5.82 Å². The second-order valence-electron chi connectivity index (χ2n) is 5.79. The molecule has 1 aliphatic carbocycles. The molecule has 0 unspecified atom stereocenters. The molecule has 0 aliphatic heterocycles. The highest BCUT2D eigenvalue weighted by atomic mass is 19.4. The smallest absolute Gasteiger partial charge is 0.505 e. The minimum atomic E-state index is -5.39. The van der Waals surface area contributed by atoms with Gasteiger partial charge in [-0.25, -0.2) is 0 Å². The number of ether oxygens (including phenoxy) is 1. The van der Waals surface area contributed by atoms with Crippen molar-refractivity contribution in [1.82, 2.24) is 0 Å². The largest absolute Gasteiger partial charge is 0.573 e. The van der Waals surface area contributed by atoms with E-state index in [9.17, 15) is 35.8 Å². The molecule has 1 saturated carbocycles. The third-order valence-corrected chi connectivity index (χ3v) is 3.87. The summed E-state index contributed by atoms with van der Waals surface area (Å²) < 4.78 is 94.6. The van der Waals surface area contributed by atoms with Crippen molar-refractivity contribution in [1.29, 1.82) is 0 Å². The predicted octanol–water partition coefficient (Wildman–Crippen LogP) is 5.15. The van der Waals surface area contributed by atoms with Crippen molar-refractivity contribution >= 4 is 0 Å². The lowest BCUT2D eigenvalue weighted by Crippen LogP contribution is -2.31. The van der Waals surface area contributed by atoms with Crippen molar-refractivity contribution < 1.29 is 40.6 Å². The molecular formula is C14H13F7O2. The first kappa shape index (κ1) is 17.7. The first-order valence-electron chi connectivity index (χ1n) is 6.68. The van der Waals surface area contributed by atoms with E-state index in [4.69, 9.17) is 0 Å². The van der Waals surface area contributed by atoms with Crippen LogP contribution in [0.1, 0.15) is 43.7 Å². The first-order valence-corrected chi connectivity index (χ1v) is 6.68. The molecule has 0 atom stereocenters. The summed E-state index contributed by atoms with van der Waals surface area (Å²) in [6.07, 6.45) is -11.2. The zero-order chi connectivity index (χ0) is 17.8. The van der Waals surface area contributed by atoms with E-state index in [1.807, 2.05) is 0 Å². The molecule has 1 fully saturated rings. The monoisotopic (exact) mass is 346 g/mol. The predicted molar refractivity (Wildman–Crippen MR) is 65.8 cm³/mol. The SMILES string of the molecule is CC(C)c1cc(C2(C(F)(F)F)CC2)c(OC(F)(F)F)c(F)c1O. The maximum absolute atomic E-state index is 14.1. The second-order valence-corrected chi connectivity index (χ2v) is 5.79. The van der Waals surface area contributed by atoms with Crippen LogP contribution in [-0.2, 0) is 5.41 Å². The molecule has 2 nitrogen and oxygen atoms in total. The lowest BCUT2D eigenvalue weighted by Gasteiger charge is -2.25. The number of phenols is 1. The fourth-order valence-corrected chi connectivity index (χ4v) is 2.48. The summed E-state index contributed by atoms with van der Waals surface area (Å²) in [7, 11) is 0. The van der Waals surface area contributed by atoms with Crippen LogP contribution in [0.5, 0.6) is 11.5 Å². The zero-order valence-corrected chi connectivity index (χ0v) is 12.1. The molecule has 1 aromatic carbocycles. The summed E-state index contributed by atoms with van der Waals surface area (Å²) in [5.41, 5.74) is -3.71. The van der Waals surface area contributed by atoms with Crippen LogP contribution in [0.2, 0.25) is 0 Å². The summed E-state index contributed by atoms with van der Waals surface area (Å²) in [4.78, 5) is 0. The Kier molecular flexibility index (Phi) is 3.97. The summed E-state index contributed by atoms with van der Waals surface area (Å²) in [6.45, 7) is 2.94. The number of rotatable bonds is 3. The number of hydrogen-bond donors (Lipinski definition) is 1. The van der Waals surface area contributed by atoms with Gasteiger partial charge in [0.15, 0.2) is 11.5 Å². The molecule has 0 heterocycles. The lowest BCUT2D eigenvalue weighted by molar-refractivity contribution is -0.276. The van der Waals surface area contributed by atoms with Crippen LogP contribution >= 0.6 is 0 Å². The number of halogens is 7. The van der Waals surface area contributed by atoms with Gasteiger partial charge in [-0.15, -0.1) is 13.2 Å². The van der Waals surface area contributed by atoms with E-state index in [0.29, 0.717) is 0 Å². The van der Waals surface area contributed by atoms with Crippen LogP contribution in [0.3, 0.4) is 0 Å². The van der Waals surface area contributed by atoms with Gasteiger partial charge < -0.3 is 9.84 Å². The molecule has 0 saturated heterocycles. The average Bonchev–Trinajstić information content (AvgIpc) is 3.14. The maximum atomic E-state index is 14.1. The Bertz CT molecular complexity index is 613. The van der Waals surface area contributed by atoms with E-state index in [2.05, 4.69) is 4.74 Å². The van der Waals surface area contributed by atoms with Gasteiger partial charge in [0.1, 0.15) is 0 Å². The Hall–Kier alpha value is -1.67. The molecule has 2 rings (SSSR count). The van der Waals surface area contributed by atoms with Crippen molar-refractivity contribution in [3.63, 3.8) is 0 Å². The van der Waals surface area contributed by atoms with E-state index in [0.717, 1.165) is 6.07 Å². The molecule has 1 aliphatic rings. The Morgan fingerprint density at radius 1 is 1.13 bits per heavy atom. The van der Waals surface area contributed by atoms with E-state index < -0.39 is 59.6 Å². The van der Waals surface area contributed by atoms with Crippen molar-refractivity contribution in [2.75, 3.05) is 0 Å². The van der Waals surface area contributed by atoms with Crippen LogP contribution in [0.15, 0.2) is 6.07 Å². The molecule has 1 aromatic rings. The number of hydrogen-bond acceptors (Lipinski definition) is 2. The van der Waals surface area contributed by atoms with Crippen LogP contribution in [0, 0.1) is 5.82 Å². The maximum Gasteiger partial charge on any atom is 0.573 e. The molecule has 0 aromatic heterocycles. The topological polar surface area (TPSA) is 29.5 Å². The Morgan fingerprint density at radius 3 is 2.00 bits per heavy atom. The first-order chi connectivity index (χ1) is 10.3. The normalized spacial score (nSPS) is 17.5. The fourth-order valence-electron chi connectivity index (χ4n) is 2.48. The molecule has 0 radical (unpaired) electrons. The molecular weight excluding hydrogens is 333 g/mol. The third-order valence-electron chi connectivity index (χ3n) is 3.87. The third kappa shape index (κ3) is 3.05. The minimum Gasteiger partial charge on any atom is -0.505 e. The summed E-state index contributed by atoms with van der Waals surface area (Å²) in [6, 6.07) is 0.755. The van der Waals surface area contributed by atoms with Gasteiger partial charge >= 0.3 is 12.5 Å². The van der Waals surface area contributed by atoms with Crippen molar-refractivity contribution in [2.24, 2.45) is 0 Å². The summed E-state index contributed by atoms with van der Waals surface area (Å²) in [5, 5.41) is 9.66. The van der Waals surface area contributed by atoms with E-state index in [1.165, 1.54) is 13.8 Å². The number of phenolic OH excluding ortho intramolecular Hbond substituents is 1. The van der Waals surface area contributed by atoms with E-state index in [-0.39, 0.29) is 5.56 Å². The summed E-state index contributed by atoms with van der Waals surface area (Å²) in [5.74, 6) is -5.18. The number of alkyl halides is 6. The van der Waals surface area contributed by atoms with Crippen LogP contribution in [0.25, 0.3) is 0 Å². The Balaban J connectivity index is 2.72. The van der Waals surface area contributed by atoms with Gasteiger partial charge in [-0.2, -0.15) is 17.6 Å². The number of aromatic hydroxyl groups is 1. The van der Waals surface area contributed by atoms with Crippen molar-refractivity contribution in [3.8, 4) is 11.5 Å². The molecule has 1 N–H and O–H groups in total. The molecule has 0 amide bonds. The van der Waals surface area contributed by atoms with Gasteiger partial charge in [0.05, 0.1) is 5.41 Å². The van der Waals surface area contributed by atoms with E-state index in [1.54, 1.807) is 0 Å². The highest BCUT2D eigenvalue weighted by molar-refractivity contribution is 5.54. The Morgan fingerprint density at radius 2 is 1.65 bits per heavy atom. The van der Waals surface area contributed by atoms with Crippen molar-refractivity contribution in [2.45, 2.75) is 50.6 Å². The Labute approximate surface area is 126 Å². The van der Waals surface area contributed by atoms with Crippen molar-refractivity contribution in [3.05, 3.63) is 23.0 Å². The van der Waals surface area contributed by atoms with Gasteiger partial charge in [-0.3, -0.25) is 0 Å². The quantitative estimate of drug-likeness (QED) is 0.767. The highest BCUT2D eigenvalue weighted by Crippen LogP contribution is 2.62. The van der Waals surface area contributed by atoms with Crippen LogP contribution in [0.4, 0.5) is 30.7 Å². The van der Waals surface area contributed by atoms with Gasteiger partial charge in [-0.05, 0) is 24.8 Å². The van der Waals surface area contributed by atoms with E-state index >= 15 is 0 Å².